The maximum Gasteiger partial charge on any atom is 0.235 e. The van der Waals surface area contributed by atoms with Crippen LogP contribution in [0.5, 0.6) is 0 Å². The second-order valence-corrected chi connectivity index (χ2v) is 2.02. The van der Waals surface area contributed by atoms with Gasteiger partial charge in [-0.2, -0.15) is 4.39 Å². The minimum Gasteiger partial charge on any atom is -0.259 e. The molecule has 0 unspecified atom stereocenters. The summed E-state index contributed by atoms with van der Waals surface area (Å²) in [5.41, 5.74) is 0.494. The van der Waals surface area contributed by atoms with Gasteiger partial charge in [0, 0.05) is 12.3 Å². The summed E-state index contributed by atoms with van der Waals surface area (Å²) >= 11 is 0. The molecule has 1 aromatic rings. The van der Waals surface area contributed by atoms with E-state index in [0.717, 1.165) is 12.3 Å². The number of aromatic nitrogens is 1. The molecule has 0 atom stereocenters. The van der Waals surface area contributed by atoms with Crippen LogP contribution in [0.1, 0.15) is 5.56 Å². The van der Waals surface area contributed by atoms with Crippen LogP contribution in [0.15, 0.2) is 24.5 Å². The normalized spacial score (nSPS) is 10.4. The first-order valence-corrected chi connectivity index (χ1v) is 3.12. The predicted molar refractivity (Wildman–Crippen MR) is 40.2 cm³/mol. The predicted octanol–water partition coefficient (Wildman–Crippen LogP) is 1.47. The Kier molecular flexibility index (Phi) is 2.47. The van der Waals surface area contributed by atoms with Gasteiger partial charge in [0.05, 0.1) is 4.92 Å². The third kappa shape index (κ3) is 2.45. The Bertz CT molecular complexity index is 308. The van der Waals surface area contributed by atoms with E-state index in [4.69, 9.17) is 0 Å². The van der Waals surface area contributed by atoms with Gasteiger partial charge in [-0.25, -0.2) is 4.98 Å². The van der Waals surface area contributed by atoms with Gasteiger partial charge >= 0.3 is 0 Å². The molecule has 1 aromatic heterocycles. The van der Waals surface area contributed by atoms with E-state index in [0.29, 0.717) is 5.56 Å². The van der Waals surface area contributed by atoms with Gasteiger partial charge in [-0.15, -0.1) is 0 Å². The number of nitro groups is 1. The van der Waals surface area contributed by atoms with E-state index in [-0.39, 0.29) is 0 Å². The third-order valence-corrected chi connectivity index (χ3v) is 1.14. The second-order valence-electron chi connectivity index (χ2n) is 2.02. The van der Waals surface area contributed by atoms with Crippen molar-refractivity contribution in [2.45, 2.75) is 0 Å². The standard InChI is InChI=1S/C7H5FN2O2/c8-7-2-1-6(5-9-7)3-4-10(11)12/h1-5H/b4-3+. The molecule has 0 aromatic carbocycles. The number of hydrogen-bond acceptors (Lipinski definition) is 3. The highest BCUT2D eigenvalue weighted by Crippen LogP contribution is 2.00. The van der Waals surface area contributed by atoms with Gasteiger partial charge in [-0.1, -0.05) is 0 Å². The fourth-order valence-corrected chi connectivity index (χ4v) is 0.633. The summed E-state index contributed by atoms with van der Waals surface area (Å²) in [5.74, 6) is -0.603. The zero-order valence-corrected chi connectivity index (χ0v) is 5.98. The highest BCUT2D eigenvalue weighted by atomic mass is 19.1. The van der Waals surface area contributed by atoms with Crippen LogP contribution < -0.4 is 0 Å². The zero-order valence-electron chi connectivity index (χ0n) is 5.98. The van der Waals surface area contributed by atoms with Crippen LogP contribution >= 0.6 is 0 Å². The van der Waals surface area contributed by atoms with Gasteiger partial charge in [0.1, 0.15) is 0 Å². The van der Waals surface area contributed by atoms with Gasteiger partial charge in [-0.3, -0.25) is 10.1 Å². The summed E-state index contributed by atoms with van der Waals surface area (Å²) in [6.07, 6.45) is 3.23. The summed E-state index contributed by atoms with van der Waals surface area (Å²) in [6, 6.07) is 2.54. The molecule has 0 aliphatic rings. The van der Waals surface area contributed by atoms with Crippen LogP contribution in [0.2, 0.25) is 0 Å². The molecule has 0 aliphatic heterocycles. The Morgan fingerprint density at radius 3 is 2.83 bits per heavy atom. The molecular formula is C7H5FN2O2. The Morgan fingerprint density at radius 2 is 2.33 bits per heavy atom. The molecule has 1 rings (SSSR count). The van der Waals surface area contributed by atoms with Crippen molar-refractivity contribution in [3.63, 3.8) is 0 Å². The van der Waals surface area contributed by atoms with Crippen molar-refractivity contribution in [2.75, 3.05) is 0 Å². The highest BCUT2D eigenvalue weighted by molar-refractivity contribution is 5.45. The molecular weight excluding hydrogens is 163 g/mol. The SMILES string of the molecule is O=[N+]([O-])/C=C/c1ccc(F)nc1. The van der Waals surface area contributed by atoms with Gasteiger partial charge in [0.15, 0.2) is 0 Å². The molecule has 1 heterocycles. The molecule has 0 bridgehead atoms. The van der Waals surface area contributed by atoms with Gasteiger partial charge in [-0.05, 0) is 17.7 Å². The van der Waals surface area contributed by atoms with Crippen LogP contribution in [0.3, 0.4) is 0 Å². The largest absolute Gasteiger partial charge is 0.259 e. The van der Waals surface area contributed by atoms with Crippen LogP contribution in [0.4, 0.5) is 4.39 Å². The molecule has 0 fully saturated rings. The number of pyridine rings is 1. The van der Waals surface area contributed by atoms with Gasteiger partial charge in [0.2, 0.25) is 12.1 Å². The molecule has 12 heavy (non-hydrogen) atoms. The first-order chi connectivity index (χ1) is 5.68. The summed E-state index contributed by atoms with van der Waals surface area (Å²) in [4.78, 5) is 12.6. The average molecular weight is 168 g/mol. The fourth-order valence-electron chi connectivity index (χ4n) is 0.633. The lowest BCUT2D eigenvalue weighted by atomic mass is 10.3. The van der Waals surface area contributed by atoms with Crippen molar-refractivity contribution in [3.8, 4) is 0 Å². The monoisotopic (exact) mass is 168 g/mol. The Balaban J connectivity index is 2.77. The zero-order chi connectivity index (χ0) is 8.97. The molecule has 0 aliphatic carbocycles. The number of hydrogen-bond donors (Lipinski definition) is 0. The average Bonchev–Trinajstić information content (AvgIpc) is 2.03. The molecule has 0 saturated heterocycles. The number of rotatable bonds is 2. The highest BCUT2D eigenvalue weighted by Gasteiger charge is 1.91. The minimum atomic E-state index is -0.603. The molecule has 0 amide bonds. The first-order valence-electron chi connectivity index (χ1n) is 3.12. The van der Waals surface area contributed by atoms with Crippen molar-refractivity contribution in [2.24, 2.45) is 0 Å². The van der Waals surface area contributed by atoms with Crippen molar-refractivity contribution < 1.29 is 9.31 Å². The van der Waals surface area contributed by atoms with Crippen molar-refractivity contribution in [1.29, 1.82) is 0 Å². The van der Waals surface area contributed by atoms with Crippen LogP contribution in [0, 0.1) is 16.1 Å². The van der Waals surface area contributed by atoms with Crippen LogP contribution in [-0.4, -0.2) is 9.91 Å². The van der Waals surface area contributed by atoms with E-state index < -0.39 is 10.9 Å². The van der Waals surface area contributed by atoms with E-state index >= 15 is 0 Å². The van der Waals surface area contributed by atoms with Crippen molar-refractivity contribution >= 4 is 6.08 Å². The van der Waals surface area contributed by atoms with E-state index in [1.807, 2.05) is 0 Å². The fraction of sp³-hybridized carbons (Fsp3) is 0. The maximum atomic E-state index is 12.2. The molecule has 5 heteroatoms. The van der Waals surface area contributed by atoms with Gasteiger partial charge < -0.3 is 0 Å². The lowest BCUT2D eigenvalue weighted by Crippen LogP contribution is -1.84. The maximum absolute atomic E-state index is 12.2. The number of nitrogens with zero attached hydrogens (tertiary/aromatic N) is 2. The summed E-state index contributed by atoms with van der Waals surface area (Å²) in [5, 5.41) is 9.86. The van der Waals surface area contributed by atoms with Gasteiger partial charge in [0.25, 0.3) is 0 Å². The van der Waals surface area contributed by atoms with Crippen molar-refractivity contribution in [3.05, 3.63) is 46.2 Å². The molecule has 0 spiro atoms. The van der Waals surface area contributed by atoms with E-state index in [2.05, 4.69) is 4.98 Å². The molecule has 4 nitrogen and oxygen atoms in total. The molecule has 0 saturated carbocycles. The lowest BCUT2D eigenvalue weighted by molar-refractivity contribution is -0.400. The quantitative estimate of drug-likeness (QED) is 0.381. The Hall–Kier alpha value is -1.78. The number of halogens is 1. The van der Waals surface area contributed by atoms with E-state index in [9.17, 15) is 14.5 Å². The Labute approximate surface area is 67.5 Å². The molecule has 62 valence electrons. The lowest BCUT2D eigenvalue weighted by Gasteiger charge is -1.88. The second kappa shape index (κ2) is 3.56. The third-order valence-electron chi connectivity index (χ3n) is 1.14. The Morgan fingerprint density at radius 1 is 1.58 bits per heavy atom. The van der Waals surface area contributed by atoms with E-state index in [1.54, 1.807) is 0 Å². The smallest absolute Gasteiger partial charge is 0.235 e. The summed E-state index contributed by atoms with van der Waals surface area (Å²) in [6.45, 7) is 0. The topological polar surface area (TPSA) is 56.0 Å². The minimum absolute atomic E-state index is 0.494. The molecule has 0 N–H and O–H groups in total. The van der Waals surface area contributed by atoms with Crippen LogP contribution in [0.25, 0.3) is 6.08 Å². The summed E-state index contributed by atoms with van der Waals surface area (Å²) in [7, 11) is 0. The molecule has 0 radical (unpaired) electrons. The van der Waals surface area contributed by atoms with Crippen LogP contribution in [-0.2, 0) is 0 Å². The first kappa shape index (κ1) is 8.32. The summed E-state index contributed by atoms with van der Waals surface area (Å²) < 4.78 is 12.2. The van der Waals surface area contributed by atoms with E-state index in [1.165, 1.54) is 18.3 Å². The van der Waals surface area contributed by atoms with Crippen molar-refractivity contribution in [1.82, 2.24) is 4.98 Å².